The minimum atomic E-state index is -0.680. The number of hydrogen-bond acceptors (Lipinski definition) is 5. The van der Waals surface area contributed by atoms with Crippen LogP contribution in [0.1, 0.15) is 6.92 Å². The first-order chi connectivity index (χ1) is 6.18. The maximum Gasteiger partial charge on any atom is 0.509 e. The van der Waals surface area contributed by atoms with E-state index < -0.39 is 6.16 Å². The molecule has 13 heavy (non-hydrogen) atoms. The lowest BCUT2D eigenvalue weighted by Gasteiger charge is -2.22. The van der Waals surface area contributed by atoms with Crippen molar-refractivity contribution in [1.29, 1.82) is 0 Å². The summed E-state index contributed by atoms with van der Waals surface area (Å²) < 4.78 is 19.3. The molecule has 1 fully saturated rings. The molecule has 1 saturated heterocycles. The second-order valence-electron chi connectivity index (χ2n) is 2.51. The van der Waals surface area contributed by atoms with Crippen molar-refractivity contribution in [2.24, 2.45) is 0 Å². The van der Waals surface area contributed by atoms with E-state index in [1.54, 1.807) is 6.92 Å². The molecule has 1 aliphatic rings. The Kier molecular flexibility index (Phi) is 4.74. The maximum absolute atomic E-state index is 11.0. The highest BCUT2D eigenvalue weighted by Crippen LogP contribution is 2.06. The lowest BCUT2D eigenvalue weighted by molar-refractivity contribution is -0.157. The number of halogens is 1. The highest BCUT2D eigenvalue weighted by atomic mass is 127. The van der Waals surface area contributed by atoms with Crippen molar-refractivity contribution >= 4 is 28.7 Å². The lowest BCUT2D eigenvalue weighted by Crippen LogP contribution is -2.34. The fourth-order valence-corrected chi connectivity index (χ4v) is 1.04. The van der Waals surface area contributed by atoms with Crippen LogP contribution in [-0.4, -0.2) is 36.4 Å². The summed E-state index contributed by atoms with van der Waals surface area (Å²) in [6.45, 7) is 2.74. The monoisotopic (exact) mass is 302 g/mol. The summed E-state index contributed by atoms with van der Waals surface area (Å²) in [5, 5.41) is 0. The largest absolute Gasteiger partial charge is 0.509 e. The van der Waals surface area contributed by atoms with Crippen LogP contribution in [0.4, 0.5) is 4.79 Å². The van der Waals surface area contributed by atoms with E-state index in [1.807, 2.05) is 22.6 Å². The van der Waals surface area contributed by atoms with Gasteiger partial charge in [0, 0.05) is 0 Å². The molecule has 0 radical (unpaired) electrons. The predicted octanol–water partition coefficient (Wildman–Crippen LogP) is 1.29. The van der Waals surface area contributed by atoms with E-state index >= 15 is 0 Å². The van der Waals surface area contributed by atoms with E-state index in [0.717, 1.165) is 0 Å². The van der Waals surface area contributed by atoms with Gasteiger partial charge in [-0.05, 0) is 29.5 Å². The third-order valence-corrected chi connectivity index (χ3v) is 1.55. The summed E-state index contributed by atoms with van der Waals surface area (Å²) >= 11 is 1.97. The smallest absolute Gasteiger partial charge is 0.426 e. The molecule has 1 heterocycles. The van der Waals surface area contributed by atoms with Gasteiger partial charge < -0.3 is 18.9 Å². The van der Waals surface area contributed by atoms with Gasteiger partial charge in [-0.3, -0.25) is 0 Å². The van der Waals surface area contributed by atoms with Crippen molar-refractivity contribution in [2.45, 2.75) is 17.1 Å². The van der Waals surface area contributed by atoms with E-state index in [1.165, 1.54) is 0 Å². The molecule has 0 aromatic rings. The van der Waals surface area contributed by atoms with Crippen LogP contribution < -0.4 is 0 Å². The van der Waals surface area contributed by atoms with Gasteiger partial charge in [0.25, 0.3) is 0 Å². The zero-order valence-electron chi connectivity index (χ0n) is 7.20. The first-order valence-corrected chi connectivity index (χ1v) is 5.10. The van der Waals surface area contributed by atoms with E-state index in [4.69, 9.17) is 18.9 Å². The Labute approximate surface area is 89.8 Å². The summed E-state index contributed by atoms with van der Waals surface area (Å²) in [4.78, 5) is 11.0. The molecule has 0 spiro atoms. The fraction of sp³-hybridized carbons (Fsp3) is 0.857. The molecule has 5 nitrogen and oxygen atoms in total. The average Bonchev–Trinajstić information content (AvgIpc) is 2.04. The SMILES string of the molecule is CC(I)OC(=O)OC1COCOC1. The van der Waals surface area contributed by atoms with Crippen molar-refractivity contribution in [3.63, 3.8) is 0 Å². The molecule has 0 N–H and O–H groups in total. The molecular weight excluding hydrogens is 291 g/mol. The Balaban J connectivity index is 2.18. The summed E-state index contributed by atoms with van der Waals surface area (Å²) in [5.74, 6) is 0. The van der Waals surface area contributed by atoms with Crippen LogP contribution in [0.3, 0.4) is 0 Å². The van der Waals surface area contributed by atoms with Crippen LogP contribution in [0, 0.1) is 0 Å². The quantitative estimate of drug-likeness (QED) is 0.437. The summed E-state index contributed by atoms with van der Waals surface area (Å²) in [7, 11) is 0. The Morgan fingerprint density at radius 2 is 2.15 bits per heavy atom. The van der Waals surface area contributed by atoms with E-state index in [0.29, 0.717) is 13.2 Å². The molecule has 0 aliphatic carbocycles. The zero-order valence-corrected chi connectivity index (χ0v) is 9.35. The molecule has 0 aromatic heterocycles. The minimum absolute atomic E-state index is 0.199. The number of ether oxygens (including phenoxy) is 4. The number of carbonyl (C=O) groups is 1. The molecule has 0 aromatic carbocycles. The molecule has 0 bridgehead atoms. The fourth-order valence-electron chi connectivity index (χ4n) is 0.831. The van der Waals surface area contributed by atoms with Crippen LogP contribution in [0.2, 0.25) is 0 Å². The molecule has 0 amide bonds. The summed E-state index contributed by atoms with van der Waals surface area (Å²) in [6, 6.07) is 0. The van der Waals surface area contributed by atoms with E-state index in [9.17, 15) is 4.79 Å². The second-order valence-corrected chi connectivity index (χ2v) is 4.26. The third kappa shape index (κ3) is 4.63. The lowest BCUT2D eigenvalue weighted by atomic mass is 10.4. The van der Waals surface area contributed by atoms with Crippen LogP contribution in [0.15, 0.2) is 0 Å². The van der Waals surface area contributed by atoms with Crippen LogP contribution in [0.5, 0.6) is 0 Å². The van der Waals surface area contributed by atoms with E-state index in [2.05, 4.69) is 0 Å². The van der Waals surface area contributed by atoms with E-state index in [-0.39, 0.29) is 17.0 Å². The molecule has 1 unspecified atom stereocenters. The van der Waals surface area contributed by atoms with Crippen LogP contribution in [-0.2, 0) is 18.9 Å². The standard InChI is InChI=1S/C7H11IO5/c1-5(8)12-7(9)13-6-2-10-4-11-3-6/h5-6H,2-4H2,1H3. The Morgan fingerprint density at radius 1 is 1.54 bits per heavy atom. The third-order valence-electron chi connectivity index (χ3n) is 1.30. The Bertz CT molecular complexity index is 166. The van der Waals surface area contributed by atoms with Gasteiger partial charge in [-0.1, -0.05) is 0 Å². The molecule has 1 atom stereocenters. The molecule has 76 valence electrons. The topological polar surface area (TPSA) is 54.0 Å². The van der Waals surface area contributed by atoms with Gasteiger partial charge in [0.05, 0.1) is 13.2 Å². The number of hydrogen-bond donors (Lipinski definition) is 0. The maximum atomic E-state index is 11.0. The van der Waals surface area contributed by atoms with Crippen molar-refractivity contribution in [1.82, 2.24) is 0 Å². The van der Waals surface area contributed by atoms with Gasteiger partial charge in [-0.25, -0.2) is 4.79 Å². The van der Waals surface area contributed by atoms with Gasteiger partial charge in [0.15, 0.2) is 10.2 Å². The summed E-state index contributed by atoms with van der Waals surface area (Å²) in [6.07, 6.45) is -1.03. The summed E-state index contributed by atoms with van der Waals surface area (Å²) in [5.41, 5.74) is 0. The number of carbonyl (C=O) groups excluding carboxylic acids is 1. The normalized spacial score (nSPS) is 20.8. The molecule has 0 saturated carbocycles. The minimum Gasteiger partial charge on any atom is -0.426 e. The van der Waals surface area contributed by atoms with Crippen LogP contribution in [0.25, 0.3) is 0 Å². The first kappa shape index (κ1) is 11.0. The van der Waals surface area contributed by atoms with Gasteiger partial charge in [0.2, 0.25) is 0 Å². The van der Waals surface area contributed by atoms with Gasteiger partial charge in [-0.2, -0.15) is 0 Å². The first-order valence-electron chi connectivity index (χ1n) is 3.85. The van der Waals surface area contributed by atoms with Crippen molar-refractivity contribution in [3.05, 3.63) is 0 Å². The number of rotatable bonds is 2. The molecular formula is C7H11IO5. The highest BCUT2D eigenvalue weighted by molar-refractivity contribution is 14.1. The number of alkyl halides is 1. The van der Waals surface area contributed by atoms with Crippen molar-refractivity contribution < 1.29 is 23.7 Å². The Morgan fingerprint density at radius 3 is 2.69 bits per heavy atom. The van der Waals surface area contributed by atoms with Gasteiger partial charge in [0.1, 0.15) is 6.79 Å². The van der Waals surface area contributed by atoms with Crippen molar-refractivity contribution in [3.8, 4) is 0 Å². The molecule has 6 heteroatoms. The Hall–Kier alpha value is -0.0800. The van der Waals surface area contributed by atoms with Crippen molar-refractivity contribution in [2.75, 3.05) is 20.0 Å². The molecule has 1 rings (SSSR count). The zero-order chi connectivity index (χ0) is 9.68. The van der Waals surface area contributed by atoms with Crippen LogP contribution >= 0.6 is 22.6 Å². The average molecular weight is 302 g/mol. The van der Waals surface area contributed by atoms with Gasteiger partial charge in [-0.15, -0.1) is 0 Å². The van der Waals surface area contributed by atoms with Gasteiger partial charge >= 0.3 is 6.16 Å². The highest BCUT2D eigenvalue weighted by Gasteiger charge is 2.20. The predicted molar refractivity (Wildman–Crippen MR) is 51.6 cm³/mol. The molecule has 1 aliphatic heterocycles. The second kappa shape index (κ2) is 5.61.